The van der Waals surface area contributed by atoms with E-state index in [2.05, 4.69) is 5.32 Å². The summed E-state index contributed by atoms with van der Waals surface area (Å²) in [6, 6.07) is 16.4. The average Bonchev–Trinajstić information content (AvgIpc) is 3.14. The standard InChI is InChI=1S/C24H27ClN2O2/c1-16(19-12-6-7-13-20(19)25)26-23(28)22-15-18-11-5-8-14-21(18)27(22)24(29)17-9-3-2-4-10-17/h2-4,6-7,9-10,12-13,16,18,21-22H,5,8,11,14-15H2,1H3,(H,26,28). The predicted molar refractivity (Wildman–Crippen MR) is 115 cm³/mol. The first-order valence-electron chi connectivity index (χ1n) is 10.5. The van der Waals surface area contributed by atoms with E-state index in [1.54, 1.807) is 0 Å². The predicted octanol–water partition coefficient (Wildman–Crippen LogP) is 4.99. The van der Waals surface area contributed by atoms with Gasteiger partial charge in [-0.1, -0.05) is 60.8 Å². The highest BCUT2D eigenvalue weighted by molar-refractivity contribution is 6.31. The van der Waals surface area contributed by atoms with E-state index >= 15 is 0 Å². The van der Waals surface area contributed by atoms with Crippen LogP contribution in [0.1, 0.15) is 61.0 Å². The maximum atomic E-state index is 13.4. The minimum absolute atomic E-state index is 0.0365. The highest BCUT2D eigenvalue weighted by Gasteiger charge is 2.47. The summed E-state index contributed by atoms with van der Waals surface area (Å²) in [4.78, 5) is 28.5. The van der Waals surface area contributed by atoms with Crippen LogP contribution in [-0.2, 0) is 4.79 Å². The number of nitrogens with one attached hydrogen (secondary N) is 1. The van der Waals surface area contributed by atoms with Crippen LogP contribution >= 0.6 is 11.6 Å². The van der Waals surface area contributed by atoms with Gasteiger partial charge in [0.25, 0.3) is 5.91 Å². The van der Waals surface area contributed by atoms with Crippen molar-refractivity contribution in [1.29, 1.82) is 0 Å². The summed E-state index contributed by atoms with van der Waals surface area (Å²) in [5.41, 5.74) is 1.54. The van der Waals surface area contributed by atoms with Crippen LogP contribution in [0.3, 0.4) is 0 Å². The zero-order valence-electron chi connectivity index (χ0n) is 16.7. The maximum Gasteiger partial charge on any atom is 0.254 e. The molecule has 0 bridgehead atoms. The van der Waals surface area contributed by atoms with Crippen LogP contribution in [0.2, 0.25) is 5.02 Å². The zero-order chi connectivity index (χ0) is 20.4. The molecule has 1 aliphatic carbocycles. The SMILES string of the molecule is CC(NC(=O)C1CC2CCCCC2N1C(=O)c1ccccc1)c1ccccc1Cl. The van der Waals surface area contributed by atoms with Crippen LogP contribution in [0.25, 0.3) is 0 Å². The summed E-state index contributed by atoms with van der Waals surface area (Å²) >= 11 is 6.31. The Morgan fingerprint density at radius 1 is 1.03 bits per heavy atom. The molecular weight excluding hydrogens is 384 g/mol. The molecule has 4 nitrogen and oxygen atoms in total. The molecule has 1 N–H and O–H groups in total. The second kappa shape index (κ2) is 8.58. The normalized spacial score (nSPS) is 24.6. The Balaban J connectivity index is 1.57. The number of amides is 2. The third-order valence-electron chi connectivity index (χ3n) is 6.38. The van der Waals surface area contributed by atoms with E-state index in [1.807, 2.05) is 66.4 Å². The van der Waals surface area contributed by atoms with Crippen molar-refractivity contribution in [2.75, 3.05) is 0 Å². The lowest BCUT2D eigenvalue weighted by molar-refractivity contribution is -0.125. The van der Waals surface area contributed by atoms with E-state index in [9.17, 15) is 9.59 Å². The number of benzene rings is 2. The minimum Gasteiger partial charge on any atom is -0.348 e. The monoisotopic (exact) mass is 410 g/mol. The van der Waals surface area contributed by atoms with Crippen LogP contribution in [0, 0.1) is 5.92 Å². The molecule has 4 unspecified atom stereocenters. The van der Waals surface area contributed by atoms with Crippen molar-refractivity contribution in [3.8, 4) is 0 Å². The van der Waals surface area contributed by atoms with Crippen LogP contribution in [0.15, 0.2) is 54.6 Å². The summed E-state index contributed by atoms with van der Waals surface area (Å²) in [5.74, 6) is 0.282. The van der Waals surface area contributed by atoms with Crippen molar-refractivity contribution in [3.05, 3.63) is 70.7 Å². The van der Waals surface area contributed by atoms with Crippen molar-refractivity contribution in [1.82, 2.24) is 10.2 Å². The molecule has 1 heterocycles. The molecule has 4 atom stereocenters. The number of nitrogens with zero attached hydrogens (tertiary/aromatic N) is 1. The van der Waals surface area contributed by atoms with Crippen molar-refractivity contribution >= 4 is 23.4 Å². The maximum absolute atomic E-state index is 13.4. The number of likely N-dealkylation sites (tertiary alicyclic amines) is 1. The molecule has 1 aliphatic heterocycles. The highest BCUT2D eigenvalue weighted by Crippen LogP contribution is 2.40. The number of carbonyl (C=O) groups excluding carboxylic acids is 2. The summed E-state index contributed by atoms with van der Waals surface area (Å²) in [6.45, 7) is 1.93. The Morgan fingerprint density at radius 2 is 1.72 bits per heavy atom. The van der Waals surface area contributed by atoms with Crippen LogP contribution in [0.5, 0.6) is 0 Å². The first kappa shape index (κ1) is 20.0. The van der Waals surface area contributed by atoms with Gasteiger partial charge >= 0.3 is 0 Å². The molecule has 2 amide bonds. The Labute approximate surface area is 177 Å². The molecule has 2 fully saturated rings. The van der Waals surface area contributed by atoms with Gasteiger partial charge < -0.3 is 10.2 Å². The molecular formula is C24H27ClN2O2. The smallest absolute Gasteiger partial charge is 0.254 e. The molecule has 2 aliphatic rings. The van der Waals surface area contributed by atoms with E-state index in [4.69, 9.17) is 11.6 Å². The lowest BCUT2D eigenvalue weighted by Gasteiger charge is -2.34. The van der Waals surface area contributed by atoms with Gasteiger partial charge in [-0.2, -0.15) is 0 Å². The summed E-state index contributed by atoms with van der Waals surface area (Å²) in [5, 5.41) is 3.74. The first-order valence-corrected chi connectivity index (χ1v) is 10.9. The van der Waals surface area contributed by atoms with Gasteiger partial charge in [-0.15, -0.1) is 0 Å². The molecule has 5 heteroatoms. The summed E-state index contributed by atoms with van der Waals surface area (Å²) < 4.78 is 0. The summed E-state index contributed by atoms with van der Waals surface area (Å²) in [7, 11) is 0. The van der Waals surface area contributed by atoms with E-state index in [1.165, 1.54) is 6.42 Å². The fourth-order valence-electron chi connectivity index (χ4n) is 4.93. The largest absolute Gasteiger partial charge is 0.348 e. The lowest BCUT2D eigenvalue weighted by atomic mass is 9.84. The van der Waals surface area contributed by atoms with Gasteiger partial charge in [0.2, 0.25) is 5.91 Å². The molecule has 4 rings (SSSR count). The van der Waals surface area contributed by atoms with Gasteiger partial charge in [0, 0.05) is 16.6 Å². The van der Waals surface area contributed by atoms with E-state index in [-0.39, 0.29) is 23.9 Å². The molecule has 0 radical (unpaired) electrons. The van der Waals surface area contributed by atoms with E-state index in [0.717, 1.165) is 31.2 Å². The van der Waals surface area contributed by atoms with E-state index in [0.29, 0.717) is 16.5 Å². The molecule has 0 aromatic heterocycles. The number of rotatable bonds is 4. The van der Waals surface area contributed by atoms with Gasteiger partial charge in [-0.3, -0.25) is 9.59 Å². The van der Waals surface area contributed by atoms with Crippen LogP contribution in [-0.4, -0.2) is 28.8 Å². The highest BCUT2D eigenvalue weighted by atomic mass is 35.5. The lowest BCUT2D eigenvalue weighted by Crippen LogP contribution is -2.50. The Bertz CT molecular complexity index is 885. The Kier molecular flexibility index (Phi) is 5.91. The first-order chi connectivity index (χ1) is 14.1. The Hall–Kier alpha value is -2.33. The fraction of sp³-hybridized carbons (Fsp3) is 0.417. The van der Waals surface area contributed by atoms with Gasteiger partial charge in [-0.25, -0.2) is 0 Å². The second-order valence-corrected chi connectivity index (χ2v) is 8.60. The molecule has 152 valence electrons. The number of hydrogen-bond donors (Lipinski definition) is 1. The average molecular weight is 411 g/mol. The molecule has 0 spiro atoms. The molecule has 1 saturated heterocycles. The van der Waals surface area contributed by atoms with Crippen LogP contribution < -0.4 is 5.32 Å². The fourth-order valence-corrected chi connectivity index (χ4v) is 5.23. The van der Waals surface area contributed by atoms with Gasteiger partial charge in [0.15, 0.2) is 0 Å². The number of carbonyl (C=O) groups is 2. The minimum atomic E-state index is -0.430. The quantitative estimate of drug-likeness (QED) is 0.771. The molecule has 2 aromatic rings. The third-order valence-corrected chi connectivity index (χ3v) is 6.72. The number of fused-ring (bicyclic) bond motifs is 1. The zero-order valence-corrected chi connectivity index (χ0v) is 17.4. The van der Waals surface area contributed by atoms with Gasteiger partial charge in [0.05, 0.1) is 6.04 Å². The Morgan fingerprint density at radius 3 is 2.48 bits per heavy atom. The van der Waals surface area contributed by atoms with Gasteiger partial charge in [0.1, 0.15) is 6.04 Å². The number of halogens is 1. The number of hydrogen-bond acceptors (Lipinski definition) is 2. The van der Waals surface area contributed by atoms with Crippen molar-refractivity contribution < 1.29 is 9.59 Å². The van der Waals surface area contributed by atoms with E-state index < -0.39 is 6.04 Å². The topological polar surface area (TPSA) is 49.4 Å². The molecule has 1 saturated carbocycles. The summed E-state index contributed by atoms with van der Waals surface area (Å²) in [6.07, 6.45) is 5.10. The second-order valence-electron chi connectivity index (χ2n) is 8.19. The van der Waals surface area contributed by atoms with Crippen molar-refractivity contribution in [2.45, 2.75) is 57.2 Å². The van der Waals surface area contributed by atoms with Gasteiger partial charge in [-0.05, 0) is 55.9 Å². The van der Waals surface area contributed by atoms with Crippen LogP contribution in [0.4, 0.5) is 0 Å². The molecule has 29 heavy (non-hydrogen) atoms. The van der Waals surface area contributed by atoms with Crippen molar-refractivity contribution in [3.63, 3.8) is 0 Å². The third kappa shape index (κ3) is 4.04. The molecule has 2 aromatic carbocycles. The van der Waals surface area contributed by atoms with Crippen molar-refractivity contribution in [2.24, 2.45) is 5.92 Å².